The standard InChI is InChI=1S/C25H50O3/c1-3-21-24(26)22-19-17-15-13-11-9-7-5-4-6-8-10-12-14-16-18-20-23-25(27)28-2/h24,26H,3-23H2,1-2H3. The Kier molecular flexibility index (Phi) is 22.3. The van der Waals surface area contributed by atoms with Crippen LogP contribution in [0.3, 0.4) is 0 Å². The molecule has 3 nitrogen and oxygen atoms in total. The minimum absolute atomic E-state index is 0.0527. The Balaban J connectivity index is 3.06. The first-order valence-corrected chi connectivity index (χ1v) is 12.5. The van der Waals surface area contributed by atoms with E-state index in [4.69, 9.17) is 0 Å². The van der Waals surface area contributed by atoms with Gasteiger partial charge in [0.15, 0.2) is 0 Å². The molecule has 0 aromatic heterocycles. The summed E-state index contributed by atoms with van der Waals surface area (Å²) < 4.78 is 4.65. The van der Waals surface area contributed by atoms with Gasteiger partial charge in [0, 0.05) is 6.42 Å². The van der Waals surface area contributed by atoms with Gasteiger partial charge in [-0.15, -0.1) is 0 Å². The van der Waals surface area contributed by atoms with E-state index < -0.39 is 0 Å². The van der Waals surface area contributed by atoms with Crippen molar-refractivity contribution in [1.29, 1.82) is 0 Å². The molecular weight excluding hydrogens is 348 g/mol. The molecule has 0 amide bonds. The zero-order valence-electron chi connectivity index (χ0n) is 19.2. The lowest BCUT2D eigenvalue weighted by Gasteiger charge is -2.08. The normalized spacial score (nSPS) is 12.2. The van der Waals surface area contributed by atoms with E-state index in [1.54, 1.807) is 0 Å². The second-order valence-corrected chi connectivity index (χ2v) is 8.57. The van der Waals surface area contributed by atoms with E-state index >= 15 is 0 Å². The summed E-state index contributed by atoms with van der Waals surface area (Å²) in [7, 11) is 1.47. The molecule has 0 aliphatic carbocycles. The van der Waals surface area contributed by atoms with Gasteiger partial charge in [0.25, 0.3) is 0 Å². The lowest BCUT2D eigenvalue weighted by Crippen LogP contribution is -2.04. The number of rotatable bonds is 22. The fourth-order valence-corrected chi connectivity index (χ4v) is 3.88. The highest BCUT2D eigenvalue weighted by Crippen LogP contribution is 2.15. The topological polar surface area (TPSA) is 46.5 Å². The zero-order valence-corrected chi connectivity index (χ0v) is 19.2. The molecule has 1 unspecified atom stereocenters. The van der Waals surface area contributed by atoms with Crippen molar-refractivity contribution in [1.82, 2.24) is 0 Å². The number of hydrogen-bond acceptors (Lipinski definition) is 3. The number of esters is 1. The van der Waals surface area contributed by atoms with Crippen LogP contribution in [0.1, 0.15) is 142 Å². The Bertz CT molecular complexity index is 317. The maximum absolute atomic E-state index is 11.0. The molecule has 0 saturated carbocycles. The number of hydrogen-bond donors (Lipinski definition) is 1. The summed E-state index contributed by atoms with van der Waals surface area (Å²) in [6.07, 6.45) is 26.1. The number of ether oxygens (including phenoxy) is 1. The van der Waals surface area contributed by atoms with Crippen LogP contribution in [0.4, 0.5) is 0 Å². The third-order valence-corrected chi connectivity index (χ3v) is 5.77. The van der Waals surface area contributed by atoms with Crippen molar-refractivity contribution < 1.29 is 14.6 Å². The van der Waals surface area contributed by atoms with E-state index in [0.717, 1.165) is 32.1 Å². The monoisotopic (exact) mass is 398 g/mol. The molecule has 0 heterocycles. The van der Waals surface area contributed by atoms with E-state index in [9.17, 15) is 9.90 Å². The van der Waals surface area contributed by atoms with Crippen LogP contribution in [0, 0.1) is 0 Å². The third-order valence-electron chi connectivity index (χ3n) is 5.77. The summed E-state index contributed by atoms with van der Waals surface area (Å²) >= 11 is 0. The molecule has 0 rings (SSSR count). The van der Waals surface area contributed by atoms with Gasteiger partial charge >= 0.3 is 5.97 Å². The van der Waals surface area contributed by atoms with Crippen molar-refractivity contribution in [2.75, 3.05) is 7.11 Å². The SMILES string of the molecule is CCCC(O)CCCCCCCCCCCCCCCCCCCC(=O)OC. The second kappa shape index (κ2) is 22.7. The van der Waals surface area contributed by atoms with Crippen LogP contribution in [0.25, 0.3) is 0 Å². The molecule has 3 heteroatoms. The van der Waals surface area contributed by atoms with Gasteiger partial charge in [0.1, 0.15) is 0 Å². The molecule has 1 atom stereocenters. The first-order valence-electron chi connectivity index (χ1n) is 12.5. The summed E-state index contributed by atoms with van der Waals surface area (Å²) in [5.41, 5.74) is 0. The van der Waals surface area contributed by atoms with Crippen LogP contribution in [0.2, 0.25) is 0 Å². The van der Waals surface area contributed by atoms with Gasteiger partial charge in [-0.1, -0.05) is 116 Å². The van der Waals surface area contributed by atoms with Crippen LogP contribution in [-0.2, 0) is 9.53 Å². The van der Waals surface area contributed by atoms with Crippen molar-refractivity contribution >= 4 is 5.97 Å². The molecule has 0 aromatic rings. The smallest absolute Gasteiger partial charge is 0.305 e. The van der Waals surface area contributed by atoms with Crippen LogP contribution < -0.4 is 0 Å². The summed E-state index contributed by atoms with van der Waals surface area (Å²) in [5, 5.41) is 9.69. The van der Waals surface area contributed by atoms with Crippen LogP contribution in [0.5, 0.6) is 0 Å². The Morgan fingerprint density at radius 2 is 1.00 bits per heavy atom. The molecule has 28 heavy (non-hydrogen) atoms. The van der Waals surface area contributed by atoms with E-state index in [2.05, 4.69) is 11.7 Å². The maximum Gasteiger partial charge on any atom is 0.305 e. The summed E-state index contributed by atoms with van der Waals surface area (Å²) in [5.74, 6) is -0.0708. The Morgan fingerprint density at radius 3 is 1.36 bits per heavy atom. The van der Waals surface area contributed by atoms with Gasteiger partial charge in [-0.25, -0.2) is 0 Å². The molecule has 0 spiro atoms. The van der Waals surface area contributed by atoms with Crippen LogP contribution >= 0.6 is 0 Å². The zero-order chi connectivity index (χ0) is 20.7. The average molecular weight is 399 g/mol. The van der Waals surface area contributed by atoms with E-state index in [1.807, 2.05) is 0 Å². The average Bonchev–Trinajstić information content (AvgIpc) is 2.69. The third kappa shape index (κ3) is 21.7. The van der Waals surface area contributed by atoms with E-state index in [0.29, 0.717) is 6.42 Å². The predicted molar refractivity (Wildman–Crippen MR) is 121 cm³/mol. The van der Waals surface area contributed by atoms with Gasteiger partial charge in [0.05, 0.1) is 13.2 Å². The summed E-state index contributed by atoms with van der Waals surface area (Å²) in [6.45, 7) is 2.14. The van der Waals surface area contributed by atoms with Crippen molar-refractivity contribution in [2.24, 2.45) is 0 Å². The van der Waals surface area contributed by atoms with Gasteiger partial charge in [0.2, 0.25) is 0 Å². The summed E-state index contributed by atoms with van der Waals surface area (Å²) in [6, 6.07) is 0. The van der Waals surface area contributed by atoms with Crippen molar-refractivity contribution in [3.8, 4) is 0 Å². The Hall–Kier alpha value is -0.570. The fourth-order valence-electron chi connectivity index (χ4n) is 3.88. The lowest BCUT2D eigenvalue weighted by molar-refractivity contribution is -0.140. The second-order valence-electron chi connectivity index (χ2n) is 8.57. The lowest BCUT2D eigenvalue weighted by atomic mass is 10.0. The number of carbonyl (C=O) groups is 1. The van der Waals surface area contributed by atoms with E-state index in [1.165, 1.54) is 103 Å². The highest BCUT2D eigenvalue weighted by Gasteiger charge is 2.02. The van der Waals surface area contributed by atoms with E-state index in [-0.39, 0.29) is 12.1 Å². The number of aliphatic hydroxyl groups excluding tert-OH is 1. The fraction of sp³-hybridized carbons (Fsp3) is 0.960. The Labute approximate surface area is 176 Å². The number of aliphatic hydroxyl groups is 1. The molecule has 1 N–H and O–H groups in total. The molecular formula is C25H50O3. The molecule has 0 aliphatic rings. The molecule has 0 aliphatic heterocycles. The molecule has 0 aromatic carbocycles. The highest BCUT2D eigenvalue weighted by molar-refractivity contribution is 5.68. The summed E-state index contributed by atoms with van der Waals surface area (Å²) in [4.78, 5) is 11.0. The first kappa shape index (κ1) is 27.4. The highest BCUT2D eigenvalue weighted by atomic mass is 16.5. The quantitative estimate of drug-likeness (QED) is 0.150. The number of carbonyl (C=O) groups excluding carboxylic acids is 1. The molecule has 0 saturated heterocycles. The van der Waals surface area contributed by atoms with Crippen molar-refractivity contribution in [3.63, 3.8) is 0 Å². The van der Waals surface area contributed by atoms with Gasteiger partial charge in [-0.2, -0.15) is 0 Å². The first-order chi connectivity index (χ1) is 13.7. The number of unbranched alkanes of at least 4 members (excludes halogenated alkanes) is 16. The predicted octanol–water partition coefficient (Wildman–Crippen LogP) is 7.73. The molecule has 0 radical (unpaired) electrons. The Morgan fingerprint density at radius 1 is 0.643 bits per heavy atom. The van der Waals surface area contributed by atoms with Crippen molar-refractivity contribution in [3.05, 3.63) is 0 Å². The van der Waals surface area contributed by atoms with Crippen molar-refractivity contribution in [2.45, 2.75) is 148 Å². The van der Waals surface area contributed by atoms with Crippen LogP contribution in [0.15, 0.2) is 0 Å². The van der Waals surface area contributed by atoms with Gasteiger partial charge in [-0.3, -0.25) is 4.79 Å². The van der Waals surface area contributed by atoms with Gasteiger partial charge < -0.3 is 9.84 Å². The minimum Gasteiger partial charge on any atom is -0.469 e. The largest absolute Gasteiger partial charge is 0.469 e. The maximum atomic E-state index is 11.0. The van der Waals surface area contributed by atoms with Gasteiger partial charge in [-0.05, 0) is 19.3 Å². The van der Waals surface area contributed by atoms with Crippen LogP contribution in [-0.4, -0.2) is 24.3 Å². The minimum atomic E-state index is -0.0708. The molecule has 168 valence electrons. The molecule has 0 bridgehead atoms. The molecule has 0 fully saturated rings. The number of methoxy groups -OCH3 is 1.